The number of hydrogen-bond acceptors (Lipinski definition) is 5. The molecule has 0 saturated heterocycles. The van der Waals surface area contributed by atoms with Crippen molar-refractivity contribution in [2.45, 2.75) is 45.8 Å². The van der Waals surface area contributed by atoms with Crippen LogP contribution in [0.5, 0.6) is 11.8 Å². The second-order valence-corrected chi connectivity index (χ2v) is 8.99. The van der Waals surface area contributed by atoms with Crippen LogP contribution in [0, 0.1) is 11.8 Å². The van der Waals surface area contributed by atoms with E-state index in [0.29, 0.717) is 38.2 Å². The molecule has 1 saturated carbocycles. The molecule has 2 aromatic carbocycles. The number of carbonyl (C=O) groups excluding carboxylic acids is 1. The number of ether oxygens (including phenoxy) is 3. The van der Waals surface area contributed by atoms with Gasteiger partial charge in [0.25, 0.3) is 6.01 Å². The summed E-state index contributed by atoms with van der Waals surface area (Å²) in [5.74, 6) is 1.80. The lowest BCUT2D eigenvalue weighted by Crippen LogP contribution is -2.36. The fourth-order valence-electron chi connectivity index (χ4n) is 4.10. The Labute approximate surface area is 189 Å². The Hall–Kier alpha value is -2.86. The van der Waals surface area contributed by atoms with Gasteiger partial charge in [0.1, 0.15) is 18.1 Å². The summed E-state index contributed by atoms with van der Waals surface area (Å²) in [5, 5.41) is 0. The first kappa shape index (κ1) is 22.3. The lowest BCUT2D eigenvalue weighted by atomic mass is 9.83. The average molecular weight is 437 g/mol. The molecule has 170 valence electrons. The van der Waals surface area contributed by atoms with Crippen molar-refractivity contribution in [2.75, 3.05) is 13.2 Å². The molecule has 0 bridgehead atoms. The van der Waals surface area contributed by atoms with Crippen LogP contribution in [-0.2, 0) is 23.2 Å². The monoisotopic (exact) mass is 436 g/mol. The average Bonchev–Trinajstić information content (AvgIpc) is 3.06. The lowest BCUT2D eigenvalue weighted by molar-refractivity contribution is -0.119. The Kier molecular flexibility index (Phi) is 7.10. The summed E-state index contributed by atoms with van der Waals surface area (Å²) in [6.07, 6.45) is 2.86. The first-order valence-electron chi connectivity index (χ1n) is 11.3. The van der Waals surface area contributed by atoms with Crippen LogP contribution in [-0.4, -0.2) is 34.7 Å². The van der Waals surface area contributed by atoms with Crippen molar-refractivity contribution in [1.82, 2.24) is 9.55 Å². The quantitative estimate of drug-likeness (QED) is 0.426. The molecule has 0 N–H and O–H groups in total. The Balaban J connectivity index is 1.25. The zero-order valence-electron chi connectivity index (χ0n) is 19.1. The first-order chi connectivity index (χ1) is 15.5. The number of hydrogen-bond donors (Lipinski definition) is 0. The fraction of sp³-hybridized carbons (Fsp3) is 0.462. The normalized spacial score (nSPS) is 18.8. The van der Waals surface area contributed by atoms with Gasteiger partial charge in [-0.15, -0.1) is 0 Å². The highest BCUT2D eigenvalue weighted by Gasteiger charge is 2.31. The Bertz CT molecular complexity index is 1040. The van der Waals surface area contributed by atoms with E-state index in [1.54, 1.807) is 6.92 Å². The van der Waals surface area contributed by atoms with Crippen molar-refractivity contribution >= 4 is 16.8 Å². The lowest BCUT2D eigenvalue weighted by Gasteiger charge is -2.35. The molecule has 3 aromatic rings. The van der Waals surface area contributed by atoms with Gasteiger partial charge >= 0.3 is 0 Å². The summed E-state index contributed by atoms with van der Waals surface area (Å²) >= 11 is 0. The molecule has 1 aliphatic rings. The van der Waals surface area contributed by atoms with Crippen molar-refractivity contribution in [3.05, 3.63) is 54.1 Å². The molecule has 6 heteroatoms. The van der Waals surface area contributed by atoms with E-state index >= 15 is 0 Å². The molecule has 1 fully saturated rings. The summed E-state index contributed by atoms with van der Waals surface area (Å²) in [5.41, 5.74) is 3.02. The minimum Gasteiger partial charge on any atom is -0.489 e. The number of rotatable bonds is 11. The van der Waals surface area contributed by atoms with Gasteiger partial charge in [-0.2, -0.15) is 4.98 Å². The van der Waals surface area contributed by atoms with E-state index in [9.17, 15) is 4.79 Å². The fourth-order valence-corrected chi connectivity index (χ4v) is 4.10. The number of aryl methyl sites for hydroxylation is 1. The number of aromatic nitrogens is 2. The highest BCUT2D eigenvalue weighted by molar-refractivity contribution is 5.78. The van der Waals surface area contributed by atoms with Crippen LogP contribution in [0.25, 0.3) is 11.0 Å². The van der Waals surface area contributed by atoms with Gasteiger partial charge in [-0.1, -0.05) is 37.3 Å². The first-order valence-corrected chi connectivity index (χ1v) is 11.3. The molecule has 0 unspecified atom stereocenters. The van der Waals surface area contributed by atoms with E-state index in [2.05, 4.69) is 24.0 Å². The van der Waals surface area contributed by atoms with Gasteiger partial charge in [0.05, 0.1) is 23.7 Å². The molecule has 1 aliphatic carbocycles. The molecule has 1 heterocycles. The zero-order valence-corrected chi connectivity index (χ0v) is 19.1. The number of Topliss-reactive ketones (excluding diaryl/α,β-unsaturated/α-hetero) is 1. The van der Waals surface area contributed by atoms with E-state index in [1.807, 2.05) is 48.0 Å². The van der Waals surface area contributed by atoms with Gasteiger partial charge in [0, 0.05) is 26.1 Å². The van der Waals surface area contributed by atoms with Gasteiger partial charge in [-0.3, -0.25) is 4.57 Å². The van der Waals surface area contributed by atoms with E-state index in [1.165, 1.54) is 0 Å². The smallest absolute Gasteiger partial charge is 0.297 e. The topological polar surface area (TPSA) is 62.6 Å². The summed E-state index contributed by atoms with van der Waals surface area (Å²) in [4.78, 5) is 15.8. The Morgan fingerprint density at radius 1 is 1.16 bits per heavy atom. The number of imidazole rings is 1. The maximum Gasteiger partial charge on any atom is 0.297 e. The molecule has 0 radical (unpaired) electrons. The number of nitrogens with zero attached hydrogens (tertiary/aromatic N) is 2. The summed E-state index contributed by atoms with van der Waals surface area (Å²) < 4.78 is 19.9. The second kappa shape index (κ2) is 10.2. The van der Waals surface area contributed by atoms with E-state index in [4.69, 9.17) is 14.2 Å². The number of ketones is 1. The Morgan fingerprint density at radius 3 is 2.69 bits per heavy atom. The van der Waals surface area contributed by atoms with Crippen LogP contribution in [0.3, 0.4) is 0 Å². The molecule has 4 rings (SSSR count). The van der Waals surface area contributed by atoms with Gasteiger partial charge in [0.15, 0.2) is 0 Å². The van der Waals surface area contributed by atoms with E-state index in [-0.39, 0.29) is 17.8 Å². The number of carbonyl (C=O) groups is 1. The summed E-state index contributed by atoms with van der Waals surface area (Å²) in [7, 11) is 1.97. The molecule has 0 amide bonds. The predicted octanol–water partition coefficient (Wildman–Crippen LogP) is 4.94. The van der Waals surface area contributed by atoms with Crippen LogP contribution < -0.4 is 9.47 Å². The third-order valence-electron chi connectivity index (χ3n) is 5.95. The van der Waals surface area contributed by atoms with Crippen LogP contribution >= 0.6 is 0 Å². The number of fused-ring (bicyclic) bond motifs is 1. The molecular formula is C26H32N2O4. The van der Waals surface area contributed by atoms with Gasteiger partial charge in [-0.25, -0.2) is 0 Å². The standard InChI is InChI=1S/C26H32N2O4/c1-18(11-19(2)29)15-30-23-12-21(13-23)17-32-26-27-24-10-9-22(14-25(24)28(26)3)31-16-20-7-5-4-6-8-20/h4-10,14,18,21,23H,11-13,15-17H2,1-3H3/t18-,21?,23?/m1/s1. The van der Waals surface area contributed by atoms with Crippen molar-refractivity contribution in [3.8, 4) is 11.8 Å². The minimum atomic E-state index is 0.221. The van der Waals surface area contributed by atoms with Gasteiger partial charge in [0.2, 0.25) is 0 Å². The van der Waals surface area contributed by atoms with Crippen LogP contribution in [0.15, 0.2) is 48.5 Å². The molecular weight excluding hydrogens is 404 g/mol. The van der Waals surface area contributed by atoms with E-state index in [0.717, 1.165) is 35.2 Å². The van der Waals surface area contributed by atoms with Crippen molar-refractivity contribution < 1.29 is 19.0 Å². The molecule has 6 nitrogen and oxygen atoms in total. The highest BCUT2D eigenvalue weighted by Crippen LogP contribution is 2.32. The Morgan fingerprint density at radius 2 is 1.94 bits per heavy atom. The van der Waals surface area contributed by atoms with E-state index < -0.39 is 0 Å². The number of benzene rings is 2. The van der Waals surface area contributed by atoms with Crippen molar-refractivity contribution in [3.63, 3.8) is 0 Å². The molecule has 32 heavy (non-hydrogen) atoms. The molecule has 0 spiro atoms. The van der Waals surface area contributed by atoms with Crippen molar-refractivity contribution in [2.24, 2.45) is 18.9 Å². The maximum absolute atomic E-state index is 11.2. The SMILES string of the molecule is CC(=O)C[C@@H](C)COC1CC(COc2nc3ccc(OCc4ccccc4)cc3n2C)C1. The van der Waals surface area contributed by atoms with Gasteiger partial charge < -0.3 is 19.0 Å². The second-order valence-electron chi connectivity index (χ2n) is 8.99. The van der Waals surface area contributed by atoms with Crippen LogP contribution in [0.2, 0.25) is 0 Å². The minimum absolute atomic E-state index is 0.221. The third kappa shape index (κ3) is 5.68. The summed E-state index contributed by atoms with van der Waals surface area (Å²) in [6.45, 7) is 5.51. The zero-order chi connectivity index (χ0) is 22.5. The van der Waals surface area contributed by atoms with Crippen molar-refractivity contribution in [1.29, 1.82) is 0 Å². The molecule has 0 aliphatic heterocycles. The predicted molar refractivity (Wildman–Crippen MR) is 124 cm³/mol. The van der Waals surface area contributed by atoms with Crippen LogP contribution in [0.1, 0.15) is 38.7 Å². The van der Waals surface area contributed by atoms with Gasteiger partial charge in [-0.05, 0) is 49.3 Å². The molecule has 1 atom stereocenters. The third-order valence-corrected chi connectivity index (χ3v) is 5.95. The molecule has 1 aromatic heterocycles. The highest BCUT2D eigenvalue weighted by atomic mass is 16.5. The van der Waals surface area contributed by atoms with Crippen LogP contribution in [0.4, 0.5) is 0 Å². The maximum atomic E-state index is 11.2. The summed E-state index contributed by atoms with van der Waals surface area (Å²) in [6, 6.07) is 16.7. The largest absolute Gasteiger partial charge is 0.489 e.